The normalized spacial score (nSPS) is 17.3. The van der Waals surface area contributed by atoms with Gasteiger partial charge in [0, 0.05) is 57.3 Å². The maximum absolute atomic E-state index is 11.5. The number of nitrogens with zero attached hydrogens (tertiary/aromatic N) is 2. The molecule has 3 aromatic heterocycles. The summed E-state index contributed by atoms with van der Waals surface area (Å²) in [7, 11) is 0. The van der Waals surface area contributed by atoms with E-state index in [2.05, 4.69) is 62.8 Å². The second-order valence-corrected chi connectivity index (χ2v) is 10.6. The van der Waals surface area contributed by atoms with E-state index in [0.717, 1.165) is 79.1 Å². The van der Waals surface area contributed by atoms with Crippen LogP contribution in [0.4, 0.5) is 0 Å². The Morgan fingerprint density at radius 3 is 2.29 bits per heavy atom. The van der Waals surface area contributed by atoms with Crippen molar-refractivity contribution in [2.75, 3.05) is 0 Å². The number of fused-ring (bicyclic) bond motifs is 8. The minimum atomic E-state index is -0.797. The highest BCUT2D eigenvalue weighted by Crippen LogP contribution is 2.42. The average molecular weight is 513 g/mol. The third-order valence-corrected chi connectivity index (χ3v) is 8.39. The standard InChI is InChI=1S/C31H36N4O3/c1-7-20-16(3)26-13-29-22(14-36)18(5)25(34-29)12-27-17(4)21(8-9-30(37)38)31(35-27)19(6)24-10-15(2)23(32-24)11-28(20)33-26/h10-13,17,21,32,34,36H,7-9,14H2,1-6H3,(H,37,38)/t17-,21-/m0/s1. The maximum Gasteiger partial charge on any atom is 0.303 e. The fraction of sp³-hybridized carbons (Fsp3) is 0.387. The Labute approximate surface area is 222 Å². The van der Waals surface area contributed by atoms with Crippen LogP contribution in [0.15, 0.2) is 24.3 Å². The summed E-state index contributed by atoms with van der Waals surface area (Å²) in [5.74, 6) is -0.747. The number of allylic oxidation sites excluding steroid dienone is 2. The van der Waals surface area contributed by atoms with E-state index in [-0.39, 0.29) is 24.9 Å². The van der Waals surface area contributed by atoms with Crippen LogP contribution in [0.1, 0.15) is 96.9 Å². The first-order valence-electron chi connectivity index (χ1n) is 13.4. The van der Waals surface area contributed by atoms with E-state index in [1.165, 1.54) is 5.57 Å². The molecule has 5 rings (SSSR count). The lowest BCUT2D eigenvalue weighted by Crippen LogP contribution is -2.06. The highest BCUT2D eigenvalue weighted by molar-refractivity contribution is 5.92. The maximum atomic E-state index is 11.5. The second-order valence-electron chi connectivity index (χ2n) is 10.6. The number of hydrogen-bond acceptors (Lipinski definition) is 4. The summed E-state index contributed by atoms with van der Waals surface area (Å²) in [6.07, 6.45) is 1.48. The van der Waals surface area contributed by atoms with Crippen LogP contribution in [0.25, 0.3) is 33.2 Å². The van der Waals surface area contributed by atoms with Crippen LogP contribution in [0.3, 0.4) is 0 Å². The lowest BCUT2D eigenvalue weighted by atomic mass is 9.86. The van der Waals surface area contributed by atoms with Crippen LogP contribution < -0.4 is 0 Å². The monoisotopic (exact) mass is 512 g/mol. The molecule has 3 aromatic rings. The predicted octanol–water partition coefficient (Wildman–Crippen LogP) is 6.83. The van der Waals surface area contributed by atoms with Crippen molar-refractivity contribution in [1.82, 2.24) is 19.9 Å². The molecule has 0 aliphatic carbocycles. The quantitative estimate of drug-likeness (QED) is 0.299. The zero-order chi connectivity index (χ0) is 27.3. The van der Waals surface area contributed by atoms with Crippen molar-refractivity contribution in [2.24, 2.45) is 0 Å². The van der Waals surface area contributed by atoms with E-state index in [9.17, 15) is 15.0 Å². The molecule has 2 aliphatic heterocycles. The summed E-state index contributed by atoms with van der Waals surface area (Å²) in [5.41, 5.74) is 13.7. The molecule has 7 heteroatoms. The first-order chi connectivity index (χ1) is 18.1. The van der Waals surface area contributed by atoms with E-state index < -0.39 is 5.97 Å². The molecule has 0 spiro atoms. The molecule has 5 heterocycles. The lowest BCUT2D eigenvalue weighted by Gasteiger charge is -2.16. The number of carbonyl (C=O) groups is 1. The lowest BCUT2D eigenvalue weighted by molar-refractivity contribution is -0.137. The van der Waals surface area contributed by atoms with Gasteiger partial charge >= 0.3 is 5.97 Å². The SMILES string of the molecule is CCC1=C(C)c2cc3[nH]c(cc4nc(c(C)c5cc(C)c(cc1n2)[nH]5)[C@@H](CCC(=O)O)[C@@H]4C)c(C)c3CO. The van der Waals surface area contributed by atoms with Crippen LogP contribution in [0, 0.1) is 20.8 Å². The Kier molecular flexibility index (Phi) is 6.73. The fourth-order valence-corrected chi connectivity index (χ4v) is 5.93. The number of aliphatic carboxylic acids is 1. The summed E-state index contributed by atoms with van der Waals surface area (Å²) in [6, 6.07) is 8.35. The van der Waals surface area contributed by atoms with Crippen molar-refractivity contribution in [3.05, 3.63) is 69.3 Å². The van der Waals surface area contributed by atoms with Crippen LogP contribution in [0.2, 0.25) is 0 Å². The van der Waals surface area contributed by atoms with Crippen LogP contribution in [-0.2, 0) is 11.4 Å². The molecule has 0 aromatic carbocycles. The molecule has 0 fully saturated rings. The van der Waals surface area contributed by atoms with Gasteiger partial charge in [-0.05, 0) is 92.6 Å². The number of aryl methyl sites for hydroxylation is 3. The molecule has 0 amide bonds. The minimum absolute atomic E-state index is 0.00379. The van der Waals surface area contributed by atoms with E-state index in [0.29, 0.717) is 6.42 Å². The molecule has 0 radical (unpaired) electrons. The smallest absolute Gasteiger partial charge is 0.303 e. The molecule has 8 bridgehead atoms. The number of carboxylic acids is 1. The van der Waals surface area contributed by atoms with Gasteiger partial charge in [-0.1, -0.05) is 13.8 Å². The van der Waals surface area contributed by atoms with Gasteiger partial charge in [-0.3, -0.25) is 9.78 Å². The predicted molar refractivity (Wildman–Crippen MR) is 152 cm³/mol. The highest BCUT2D eigenvalue weighted by Gasteiger charge is 2.31. The molecule has 7 nitrogen and oxygen atoms in total. The summed E-state index contributed by atoms with van der Waals surface area (Å²) in [5, 5.41) is 19.7. The van der Waals surface area contributed by atoms with Crippen molar-refractivity contribution < 1.29 is 15.0 Å². The molecular formula is C31H36N4O3. The van der Waals surface area contributed by atoms with Crippen LogP contribution in [0.5, 0.6) is 0 Å². The third-order valence-electron chi connectivity index (χ3n) is 8.39. The van der Waals surface area contributed by atoms with Gasteiger partial charge in [0.15, 0.2) is 0 Å². The number of H-pyrrole nitrogens is 2. The molecule has 198 valence electrons. The minimum Gasteiger partial charge on any atom is -0.481 e. The second kappa shape index (κ2) is 9.87. The summed E-state index contributed by atoms with van der Waals surface area (Å²) >= 11 is 0. The van der Waals surface area contributed by atoms with Gasteiger partial charge in [0.2, 0.25) is 0 Å². The molecule has 0 unspecified atom stereocenters. The Balaban J connectivity index is 1.91. The van der Waals surface area contributed by atoms with Crippen molar-refractivity contribution in [3.63, 3.8) is 0 Å². The largest absolute Gasteiger partial charge is 0.481 e. The highest BCUT2D eigenvalue weighted by atomic mass is 16.4. The van der Waals surface area contributed by atoms with E-state index in [1.807, 2.05) is 13.0 Å². The molecule has 38 heavy (non-hydrogen) atoms. The number of aromatic nitrogens is 4. The van der Waals surface area contributed by atoms with Gasteiger partial charge in [-0.25, -0.2) is 4.98 Å². The Morgan fingerprint density at radius 1 is 0.921 bits per heavy atom. The number of carboxylic acid groups (broad SMARTS) is 1. The molecule has 0 saturated carbocycles. The average Bonchev–Trinajstić information content (AvgIpc) is 3.57. The fourth-order valence-electron chi connectivity index (χ4n) is 5.93. The van der Waals surface area contributed by atoms with Crippen molar-refractivity contribution in [2.45, 2.75) is 79.2 Å². The van der Waals surface area contributed by atoms with Crippen molar-refractivity contribution in [3.8, 4) is 0 Å². The van der Waals surface area contributed by atoms with Gasteiger partial charge < -0.3 is 20.2 Å². The molecular weight excluding hydrogens is 476 g/mol. The van der Waals surface area contributed by atoms with Gasteiger partial charge in [0.05, 0.1) is 18.0 Å². The van der Waals surface area contributed by atoms with Crippen LogP contribution in [-0.4, -0.2) is 36.1 Å². The zero-order valence-corrected chi connectivity index (χ0v) is 23.0. The topological polar surface area (TPSA) is 115 Å². The number of nitrogens with one attached hydrogen (secondary N) is 2. The first-order valence-corrected chi connectivity index (χ1v) is 13.4. The third kappa shape index (κ3) is 4.35. The number of rotatable bonds is 5. The molecule has 2 aliphatic rings. The van der Waals surface area contributed by atoms with E-state index in [4.69, 9.17) is 9.97 Å². The Morgan fingerprint density at radius 2 is 1.61 bits per heavy atom. The molecule has 4 N–H and O–H groups in total. The summed E-state index contributed by atoms with van der Waals surface area (Å²) in [6.45, 7) is 12.5. The van der Waals surface area contributed by atoms with E-state index >= 15 is 0 Å². The summed E-state index contributed by atoms with van der Waals surface area (Å²) < 4.78 is 0. The van der Waals surface area contributed by atoms with E-state index in [1.54, 1.807) is 0 Å². The Hall–Kier alpha value is -3.71. The van der Waals surface area contributed by atoms with Crippen molar-refractivity contribution >= 4 is 39.2 Å². The molecule has 0 saturated heterocycles. The first kappa shape index (κ1) is 25.9. The number of hydrogen-bond donors (Lipinski definition) is 4. The Bertz CT molecular complexity index is 1640. The number of aliphatic hydroxyl groups is 1. The van der Waals surface area contributed by atoms with Crippen LogP contribution >= 0.6 is 0 Å². The number of aliphatic hydroxyl groups excluding tert-OH is 1. The van der Waals surface area contributed by atoms with Crippen molar-refractivity contribution in [1.29, 1.82) is 0 Å². The summed E-state index contributed by atoms with van der Waals surface area (Å²) in [4.78, 5) is 28.7. The van der Waals surface area contributed by atoms with Gasteiger partial charge in [0.1, 0.15) is 0 Å². The molecule has 2 atom stereocenters. The van der Waals surface area contributed by atoms with Gasteiger partial charge in [-0.2, -0.15) is 0 Å². The zero-order valence-electron chi connectivity index (χ0n) is 23.0. The number of aromatic amines is 2. The van der Waals surface area contributed by atoms with Gasteiger partial charge in [0.25, 0.3) is 0 Å². The van der Waals surface area contributed by atoms with Gasteiger partial charge in [-0.15, -0.1) is 0 Å².